The van der Waals surface area contributed by atoms with Crippen molar-refractivity contribution in [2.45, 2.75) is 39.2 Å². The Bertz CT molecular complexity index is 1010. The van der Waals surface area contributed by atoms with Crippen LogP contribution in [-0.2, 0) is 9.59 Å². The number of hydrogen-bond acceptors (Lipinski definition) is 5. The van der Waals surface area contributed by atoms with Crippen LogP contribution in [0.2, 0.25) is 10.0 Å². The molecule has 0 bridgehead atoms. The van der Waals surface area contributed by atoms with E-state index in [2.05, 4.69) is 6.92 Å². The minimum Gasteiger partial charge on any atom is -0.507 e. The van der Waals surface area contributed by atoms with Gasteiger partial charge in [0.2, 0.25) is 0 Å². The summed E-state index contributed by atoms with van der Waals surface area (Å²) in [5.74, 6) is -0.693. The fourth-order valence-electron chi connectivity index (χ4n) is 3.63. The van der Waals surface area contributed by atoms with Crippen LogP contribution in [0, 0.1) is 6.92 Å². The Morgan fingerprint density at radius 3 is 2.57 bits per heavy atom. The van der Waals surface area contributed by atoms with E-state index >= 15 is 0 Å². The summed E-state index contributed by atoms with van der Waals surface area (Å²) in [6.07, 6.45) is 2.60. The van der Waals surface area contributed by atoms with Crippen LogP contribution in [0.5, 0.6) is 5.75 Å². The first-order valence-corrected chi connectivity index (χ1v) is 10.4. The number of unbranched alkanes of at least 4 members (excludes halogenated alkanes) is 2. The molecule has 1 aliphatic heterocycles. The summed E-state index contributed by atoms with van der Waals surface area (Å²) in [6.45, 7) is 4.19. The topological polar surface area (TPSA) is 80.0 Å². The molecule has 1 aromatic heterocycles. The summed E-state index contributed by atoms with van der Waals surface area (Å²) >= 11 is 12.3. The van der Waals surface area contributed by atoms with Gasteiger partial charge in [-0.15, -0.1) is 0 Å². The molecule has 1 N–H and O–H groups in total. The SMILES string of the molecule is CCCCCN1C(=O)C(=O)/C(=C(/O)c2cc(Cl)cc(Cl)c2OC)C1c1ccc(C)o1. The Labute approximate surface area is 185 Å². The van der Waals surface area contributed by atoms with E-state index in [1.807, 2.05) is 0 Å². The van der Waals surface area contributed by atoms with E-state index < -0.39 is 23.5 Å². The number of aliphatic hydroxyl groups is 1. The van der Waals surface area contributed by atoms with Gasteiger partial charge < -0.3 is 19.2 Å². The molecular weight excluding hydrogens is 429 g/mol. The van der Waals surface area contributed by atoms with Crippen LogP contribution < -0.4 is 4.74 Å². The second-order valence-electron chi connectivity index (χ2n) is 7.12. The molecule has 0 aliphatic carbocycles. The Balaban J connectivity index is 2.20. The molecule has 160 valence electrons. The second kappa shape index (κ2) is 9.14. The van der Waals surface area contributed by atoms with Crippen LogP contribution in [-0.4, -0.2) is 35.4 Å². The molecule has 1 atom stereocenters. The normalized spacial score (nSPS) is 18.3. The molecule has 0 spiro atoms. The van der Waals surface area contributed by atoms with Gasteiger partial charge in [-0.3, -0.25) is 9.59 Å². The van der Waals surface area contributed by atoms with Gasteiger partial charge in [-0.2, -0.15) is 0 Å². The number of halogens is 2. The number of aliphatic hydroxyl groups excluding tert-OH is 1. The van der Waals surface area contributed by atoms with Gasteiger partial charge in [0.25, 0.3) is 11.7 Å². The highest BCUT2D eigenvalue weighted by Crippen LogP contribution is 2.43. The molecule has 1 saturated heterocycles. The number of ketones is 1. The van der Waals surface area contributed by atoms with Gasteiger partial charge in [-0.05, 0) is 37.6 Å². The first-order valence-electron chi connectivity index (χ1n) is 9.68. The number of Topliss-reactive ketones (excluding diaryl/α,β-unsaturated/α-hetero) is 1. The molecule has 1 aromatic carbocycles. The van der Waals surface area contributed by atoms with Crippen LogP contribution in [0.3, 0.4) is 0 Å². The second-order valence-corrected chi connectivity index (χ2v) is 7.96. The van der Waals surface area contributed by atoms with Crippen molar-refractivity contribution in [3.05, 3.63) is 57.0 Å². The van der Waals surface area contributed by atoms with E-state index in [4.69, 9.17) is 32.4 Å². The highest BCUT2D eigenvalue weighted by Gasteiger charge is 2.47. The van der Waals surface area contributed by atoms with Crippen LogP contribution in [0.1, 0.15) is 49.3 Å². The van der Waals surface area contributed by atoms with Crippen molar-refractivity contribution in [3.63, 3.8) is 0 Å². The third-order valence-corrected chi connectivity index (χ3v) is 5.54. The molecule has 1 amide bonds. The summed E-state index contributed by atoms with van der Waals surface area (Å²) in [7, 11) is 1.39. The van der Waals surface area contributed by atoms with Crippen molar-refractivity contribution >= 4 is 40.7 Å². The lowest BCUT2D eigenvalue weighted by molar-refractivity contribution is -0.140. The number of ether oxygens (including phenoxy) is 1. The van der Waals surface area contributed by atoms with Crippen molar-refractivity contribution < 1.29 is 23.8 Å². The molecule has 0 saturated carbocycles. The molecule has 1 aliphatic rings. The lowest BCUT2D eigenvalue weighted by Gasteiger charge is -2.23. The Hall–Kier alpha value is -2.44. The maximum atomic E-state index is 13.0. The van der Waals surface area contributed by atoms with E-state index in [0.29, 0.717) is 18.1 Å². The first-order chi connectivity index (χ1) is 14.3. The number of methoxy groups -OCH3 is 1. The van der Waals surface area contributed by atoms with Crippen LogP contribution in [0.15, 0.2) is 34.3 Å². The lowest BCUT2D eigenvalue weighted by atomic mass is 9.98. The first kappa shape index (κ1) is 22.2. The fourth-order valence-corrected chi connectivity index (χ4v) is 4.20. The molecule has 1 fully saturated rings. The van der Waals surface area contributed by atoms with E-state index in [1.165, 1.54) is 24.1 Å². The predicted octanol–water partition coefficient (Wildman–Crippen LogP) is 5.52. The van der Waals surface area contributed by atoms with Gasteiger partial charge in [0.1, 0.15) is 29.1 Å². The van der Waals surface area contributed by atoms with E-state index in [1.54, 1.807) is 19.1 Å². The highest BCUT2D eigenvalue weighted by molar-refractivity contribution is 6.46. The zero-order chi connectivity index (χ0) is 22.0. The van der Waals surface area contributed by atoms with Crippen LogP contribution in [0.4, 0.5) is 0 Å². The van der Waals surface area contributed by atoms with E-state index in [-0.39, 0.29) is 26.9 Å². The summed E-state index contributed by atoms with van der Waals surface area (Å²) in [4.78, 5) is 27.2. The monoisotopic (exact) mass is 451 g/mol. The maximum absolute atomic E-state index is 13.0. The van der Waals surface area contributed by atoms with Crippen molar-refractivity contribution in [1.29, 1.82) is 0 Å². The Morgan fingerprint density at radius 2 is 1.97 bits per heavy atom. The zero-order valence-corrected chi connectivity index (χ0v) is 18.5. The number of carbonyl (C=O) groups is 2. The third kappa shape index (κ3) is 4.07. The number of likely N-dealkylation sites (tertiary alicyclic amines) is 1. The Kier molecular flexibility index (Phi) is 6.78. The summed E-state index contributed by atoms with van der Waals surface area (Å²) < 4.78 is 11.1. The molecule has 2 heterocycles. The summed E-state index contributed by atoms with van der Waals surface area (Å²) in [6, 6.07) is 5.51. The minimum atomic E-state index is -0.849. The van der Waals surface area contributed by atoms with Crippen molar-refractivity contribution in [3.8, 4) is 5.75 Å². The van der Waals surface area contributed by atoms with Gasteiger partial charge in [-0.25, -0.2) is 0 Å². The number of carbonyl (C=O) groups excluding carboxylic acids is 2. The Morgan fingerprint density at radius 1 is 1.23 bits per heavy atom. The number of furan rings is 1. The third-order valence-electron chi connectivity index (χ3n) is 5.04. The highest BCUT2D eigenvalue weighted by atomic mass is 35.5. The molecular formula is C22H23Cl2NO5. The van der Waals surface area contributed by atoms with E-state index in [0.717, 1.165) is 19.3 Å². The van der Waals surface area contributed by atoms with Crippen molar-refractivity contribution in [2.75, 3.05) is 13.7 Å². The minimum absolute atomic E-state index is 0.0810. The number of hydrogen-bond donors (Lipinski definition) is 1. The van der Waals surface area contributed by atoms with Gasteiger partial charge in [0.15, 0.2) is 0 Å². The fraction of sp³-hybridized carbons (Fsp3) is 0.364. The quantitative estimate of drug-likeness (QED) is 0.259. The molecule has 8 heteroatoms. The number of amides is 1. The van der Waals surface area contributed by atoms with Crippen LogP contribution >= 0.6 is 23.2 Å². The van der Waals surface area contributed by atoms with Gasteiger partial charge >= 0.3 is 0 Å². The van der Waals surface area contributed by atoms with Gasteiger partial charge in [0, 0.05) is 11.6 Å². The van der Waals surface area contributed by atoms with Gasteiger partial charge in [0.05, 0.1) is 23.3 Å². The number of benzene rings is 1. The number of nitrogens with zero attached hydrogens (tertiary/aromatic N) is 1. The summed E-state index contributed by atoms with van der Waals surface area (Å²) in [5, 5.41) is 11.6. The lowest BCUT2D eigenvalue weighted by Crippen LogP contribution is -2.30. The zero-order valence-electron chi connectivity index (χ0n) is 17.0. The predicted molar refractivity (Wildman–Crippen MR) is 115 cm³/mol. The molecule has 0 radical (unpaired) electrons. The average Bonchev–Trinajstić information content (AvgIpc) is 3.23. The van der Waals surface area contributed by atoms with Crippen molar-refractivity contribution in [2.24, 2.45) is 0 Å². The standard InChI is InChI=1S/C22H23Cl2NO5/c1-4-5-6-9-25-18(16-8-7-12(2)30-16)17(20(27)22(25)28)19(26)14-10-13(23)11-15(24)21(14)29-3/h7-8,10-11,18,26H,4-6,9H2,1-3H3/b19-17+. The smallest absolute Gasteiger partial charge is 0.295 e. The summed E-state index contributed by atoms with van der Waals surface area (Å²) in [5.41, 5.74) is 0.0531. The van der Waals surface area contributed by atoms with E-state index in [9.17, 15) is 14.7 Å². The molecule has 1 unspecified atom stereocenters. The number of aryl methyl sites for hydroxylation is 1. The molecule has 2 aromatic rings. The van der Waals surface area contributed by atoms with Crippen molar-refractivity contribution in [1.82, 2.24) is 4.90 Å². The maximum Gasteiger partial charge on any atom is 0.295 e. The average molecular weight is 452 g/mol. The van der Waals surface area contributed by atoms with Gasteiger partial charge in [-0.1, -0.05) is 43.0 Å². The molecule has 30 heavy (non-hydrogen) atoms. The van der Waals surface area contributed by atoms with Crippen LogP contribution in [0.25, 0.3) is 5.76 Å². The molecule has 6 nitrogen and oxygen atoms in total. The molecule has 3 rings (SSSR count). The number of rotatable bonds is 7. The largest absolute Gasteiger partial charge is 0.507 e.